The second-order valence-corrected chi connectivity index (χ2v) is 5.85. The molecule has 1 aliphatic heterocycles. The van der Waals surface area contributed by atoms with Gasteiger partial charge < -0.3 is 9.80 Å². The number of nitrogens with zero attached hydrogens (tertiary/aromatic N) is 4. The van der Waals surface area contributed by atoms with Gasteiger partial charge in [-0.05, 0) is 39.3 Å². The van der Waals surface area contributed by atoms with Crippen molar-refractivity contribution in [2.45, 2.75) is 32.6 Å². The first-order valence-corrected chi connectivity index (χ1v) is 7.45. The van der Waals surface area contributed by atoms with E-state index < -0.39 is 0 Å². The molecule has 2 rings (SSSR count). The van der Waals surface area contributed by atoms with Gasteiger partial charge in [0.2, 0.25) is 5.82 Å². The van der Waals surface area contributed by atoms with Gasteiger partial charge in [0.05, 0.1) is 0 Å². The number of aryl methyl sites for hydroxylation is 1. The van der Waals surface area contributed by atoms with Crippen molar-refractivity contribution >= 4 is 5.91 Å². The number of rotatable bonds is 5. The third kappa shape index (κ3) is 3.79. The lowest BCUT2D eigenvalue weighted by molar-refractivity contribution is 0.0666. The number of carbonyl (C=O) groups excluding carboxylic acids is 1. The highest BCUT2D eigenvalue weighted by Crippen LogP contribution is 2.18. The summed E-state index contributed by atoms with van der Waals surface area (Å²) >= 11 is 0. The van der Waals surface area contributed by atoms with Crippen molar-refractivity contribution in [2.24, 2.45) is 5.92 Å². The van der Waals surface area contributed by atoms with Crippen molar-refractivity contribution in [3.8, 4) is 0 Å². The van der Waals surface area contributed by atoms with Crippen LogP contribution < -0.4 is 0 Å². The number of piperidine rings is 1. The van der Waals surface area contributed by atoms with E-state index >= 15 is 0 Å². The molecule has 0 bridgehead atoms. The van der Waals surface area contributed by atoms with Crippen molar-refractivity contribution in [1.82, 2.24) is 25.0 Å². The second kappa shape index (κ2) is 6.83. The van der Waals surface area contributed by atoms with Crippen molar-refractivity contribution < 1.29 is 4.79 Å². The third-order valence-corrected chi connectivity index (χ3v) is 3.73. The Morgan fingerprint density at radius 1 is 1.40 bits per heavy atom. The largest absolute Gasteiger partial charge is 0.336 e. The SMILES string of the molecule is CCCc1nc(C(=O)N2CCC(CN(C)C)CC2)n[nH]1. The molecule has 0 aromatic carbocycles. The lowest BCUT2D eigenvalue weighted by Crippen LogP contribution is -2.41. The quantitative estimate of drug-likeness (QED) is 0.879. The van der Waals surface area contributed by atoms with E-state index in [0.29, 0.717) is 11.7 Å². The van der Waals surface area contributed by atoms with Crippen LogP contribution in [0.3, 0.4) is 0 Å². The van der Waals surface area contributed by atoms with Gasteiger partial charge in [-0.25, -0.2) is 4.98 Å². The van der Waals surface area contributed by atoms with E-state index in [9.17, 15) is 4.79 Å². The van der Waals surface area contributed by atoms with E-state index in [4.69, 9.17) is 0 Å². The van der Waals surface area contributed by atoms with Gasteiger partial charge in [0, 0.05) is 26.1 Å². The number of aromatic nitrogens is 3. The summed E-state index contributed by atoms with van der Waals surface area (Å²) in [6, 6.07) is 0. The number of carbonyl (C=O) groups is 1. The number of H-pyrrole nitrogens is 1. The summed E-state index contributed by atoms with van der Waals surface area (Å²) in [6.07, 6.45) is 3.97. The second-order valence-electron chi connectivity index (χ2n) is 5.85. The van der Waals surface area contributed by atoms with Crippen molar-refractivity contribution in [2.75, 3.05) is 33.7 Å². The number of amides is 1. The predicted molar refractivity (Wildman–Crippen MR) is 77.6 cm³/mol. The van der Waals surface area contributed by atoms with Crippen LogP contribution in [0.1, 0.15) is 42.6 Å². The summed E-state index contributed by atoms with van der Waals surface area (Å²) in [4.78, 5) is 20.7. The molecule has 6 heteroatoms. The molecule has 0 unspecified atom stereocenters. The highest BCUT2D eigenvalue weighted by molar-refractivity contribution is 5.90. The minimum absolute atomic E-state index is 0.0353. The van der Waals surface area contributed by atoms with Crippen LogP contribution in [0.4, 0.5) is 0 Å². The smallest absolute Gasteiger partial charge is 0.293 e. The van der Waals surface area contributed by atoms with Gasteiger partial charge in [-0.15, -0.1) is 5.10 Å². The fraction of sp³-hybridized carbons (Fsp3) is 0.786. The maximum Gasteiger partial charge on any atom is 0.293 e. The molecule has 1 aromatic rings. The highest BCUT2D eigenvalue weighted by atomic mass is 16.2. The van der Waals surface area contributed by atoms with Crippen LogP contribution in [0.5, 0.6) is 0 Å². The third-order valence-electron chi connectivity index (χ3n) is 3.73. The van der Waals surface area contributed by atoms with Crippen molar-refractivity contribution in [3.63, 3.8) is 0 Å². The van der Waals surface area contributed by atoms with E-state index in [1.165, 1.54) is 0 Å². The lowest BCUT2D eigenvalue weighted by atomic mass is 9.96. The molecule has 0 saturated carbocycles. The lowest BCUT2D eigenvalue weighted by Gasteiger charge is -2.32. The molecule has 1 saturated heterocycles. The number of likely N-dealkylation sites (tertiary alicyclic amines) is 1. The van der Waals surface area contributed by atoms with Gasteiger partial charge in [0.1, 0.15) is 5.82 Å². The summed E-state index contributed by atoms with van der Waals surface area (Å²) < 4.78 is 0. The van der Waals surface area contributed by atoms with Gasteiger partial charge in [0.25, 0.3) is 5.91 Å². The van der Waals surface area contributed by atoms with Gasteiger partial charge in [-0.3, -0.25) is 9.89 Å². The number of aromatic amines is 1. The predicted octanol–water partition coefficient (Wildman–Crippen LogP) is 1.17. The fourth-order valence-electron chi connectivity index (χ4n) is 2.72. The minimum Gasteiger partial charge on any atom is -0.336 e. The maximum absolute atomic E-state index is 12.3. The van der Waals surface area contributed by atoms with Crippen LogP contribution in [0.2, 0.25) is 0 Å². The van der Waals surface area contributed by atoms with Crippen molar-refractivity contribution in [1.29, 1.82) is 0 Å². The Bertz CT molecular complexity index is 435. The molecule has 0 aliphatic carbocycles. The number of hydrogen-bond acceptors (Lipinski definition) is 4. The zero-order chi connectivity index (χ0) is 14.5. The Morgan fingerprint density at radius 3 is 2.70 bits per heavy atom. The molecule has 1 amide bonds. The highest BCUT2D eigenvalue weighted by Gasteiger charge is 2.26. The first-order chi connectivity index (χ1) is 9.60. The Morgan fingerprint density at radius 2 is 2.10 bits per heavy atom. The average molecular weight is 279 g/mol. The van der Waals surface area contributed by atoms with Gasteiger partial charge in [0.15, 0.2) is 0 Å². The van der Waals surface area contributed by atoms with E-state index in [1.54, 1.807) is 0 Å². The fourth-order valence-corrected chi connectivity index (χ4v) is 2.72. The molecule has 112 valence electrons. The maximum atomic E-state index is 12.3. The summed E-state index contributed by atoms with van der Waals surface area (Å²) in [6.45, 7) is 4.81. The Balaban J connectivity index is 1.87. The number of hydrogen-bond donors (Lipinski definition) is 1. The monoisotopic (exact) mass is 279 g/mol. The average Bonchev–Trinajstić information content (AvgIpc) is 2.87. The molecule has 1 aromatic heterocycles. The molecule has 2 heterocycles. The Kier molecular flexibility index (Phi) is 5.11. The first-order valence-electron chi connectivity index (χ1n) is 7.45. The summed E-state index contributed by atoms with van der Waals surface area (Å²) in [5, 5.41) is 6.89. The summed E-state index contributed by atoms with van der Waals surface area (Å²) in [5.74, 6) is 1.78. The standard InChI is InChI=1S/C14H25N5O/c1-4-5-12-15-13(17-16-12)14(20)19-8-6-11(7-9-19)10-18(2)3/h11H,4-10H2,1-3H3,(H,15,16,17). The van der Waals surface area contributed by atoms with E-state index in [1.807, 2.05) is 4.90 Å². The zero-order valence-corrected chi connectivity index (χ0v) is 12.7. The molecule has 1 fully saturated rings. The van der Waals surface area contributed by atoms with E-state index in [0.717, 1.165) is 51.1 Å². The first kappa shape index (κ1) is 15.0. The molecule has 0 atom stereocenters. The molecule has 1 aliphatic rings. The normalized spacial score (nSPS) is 16.9. The Hall–Kier alpha value is -1.43. The van der Waals surface area contributed by atoms with Gasteiger partial charge in [-0.1, -0.05) is 6.92 Å². The van der Waals surface area contributed by atoms with E-state index in [-0.39, 0.29) is 5.91 Å². The molecular formula is C14H25N5O. The van der Waals surface area contributed by atoms with E-state index in [2.05, 4.69) is 41.1 Å². The summed E-state index contributed by atoms with van der Waals surface area (Å²) in [7, 11) is 4.20. The number of nitrogens with one attached hydrogen (secondary N) is 1. The molecule has 0 spiro atoms. The van der Waals surface area contributed by atoms with Crippen LogP contribution in [0, 0.1) is 5.92 Å². The topological polar surface area (TPSA) is 65.1 Å². The van der Waals surface area contributed by atoms with Gasteiger partial charge in [-0.2, -0.15) is 0 Å². The Labute approximate surface area is 120 Å². The van der Waals surface area contributed by atoms with Crippen LogP contribution >= 0.6 is 0 Å². The van der Waals surface area contributed by atoms with Crippen LogP contribution in [-0.4, -0.2) is 64.6 Å². The van der Waals surface area contributed by atoms with Crippen LogP contribution in [0.15, 0.2) is 0 Å². The molecule has 1 N–H and O–H groups in total. The zero-order valence-electron chi connectivity index (χ0n) is 12.7. The van der Waals surface area contributed by atoms with Crippen LogP contribution in [0.25, 0.3) is 0 Å². The van der Waals surface area contributed by atoms with Crippen molar-refractivity contribution in [3.05, 3.63) is 11.6 Å². The summed E-state index contributed by atoms with van der Waals surface area (Å²) in [5.41, 5.74) is 0. The van der Waals surface area contributed by atoms with Gasteiger partial charge >= 0.3 is 0 Å². The van der Waals surface area contributed by atoms with Crippen LogP contribution in [-0.2, 0) is 6.42 Å². The molecular weight excluding hydrogens is 254 g/mol. The molecule has 20 heavy (non-hydrogen) atoms. The molecule has 6 nitrogen and oxygen atoms in total. The molecule has 0 radical (unpaired) electrons. The minimum atomic E-state index is -0.0353.